The number of aliphatic hydroxyl groups excluding tert-OH is 1. The van der Waals surface area contributed by atoms with E-state index in [1.54, 1.807) is 6.92 Å². The second-order valence-electron chi connectivity index (χ2n) is 5.31. The van der Waals surface area contributed by atoms with Crippen molar-refractivity contribution in [1.29, 1.82) is 0 Å². The normalized spacial score (nSPS) is 11.3. The van der Waals surface area contributed by atoms with Gasteiger partial charge in [0.2, 0.25) is 0 Å². The number of aliphatic carboxylic acids is 1. The summed E-state index contributed by atoms with van der Waals surface area (Å²) in [4.78, 5) is 10.3. The zero-order chi connectivity index (χ0) is 17.6. The van der Waals surface area contributed by atoms with Gasteiger partial charge in [-0.15, -0.1) is 0 Å². The summed E-state index contributed by atoms with van der Waals surface area (Å²) >= 11 is 0. The number of carbonyl (C=O) groups is 1. The van der Waals surface area contributed by atoms with Crippen LogP contribution in [0.15, 0.2) is 36.5 Å². The third kappa shape index (κ3) is 29.3. The average molecular weight is 325 g/mol. The van der Waals surface area contributed by atoms with Gasteiger partial charge in [-0.1, -0.05) is 62.6 Å². The molecule has 0 atom stereocenters. The zero-order valence-electron chi connectivity index (χ0n) is 15.0. The molecule has 0 aliphatic carbocycles. The molecule has 0 aromatic heterocycles. The Balaban J connectivity index is 0. The standard InChI is InChI=1S/C18H30O2.C2H6O/c1-2-3-4-5-6-7-8-9-10-11-12-13-14-15-16-17-18(19)20;1-2-3/h3-4,6-7,9-10H,2,5,8,11-17H2,1H3,(H,19,20);3H,2H2,1H3/b4-3-,7-6-,10-9-;. The lowest BCUT2D eigenvalue weighted by Gasteiger charge is -1.98. The fourth-order valence-corrected chi connectivity index (χ4v) is 1.90. The second-order valence-corrected chi connectivity index (χ2v) is 5.31. The van der Waals surface area contributed by atoms with Crippen LogP contribution in [0.25, 0.3) is 0 Å². The fraction of sp³-hybridized carbons (Fsp3) is 0.650. The molecule has 0 aliphatic rings. The third-order valence-corrected chi connectivity index (χ3v) is 3.04. The van der Waals surface area contributed by atoms with Gasteiger partial charge in [-0.3, -0.25) is 4.79 Å². The van der Waals surface area contributed by atoms with Crippen LogP contribution in [0.4, 0.5) is 0 Å². The summed E-state index contributed by atoms with van der Waals surface area (Å²) in [5.74, 6) is -0.675. The van der Waals surface area contributed by atoms with Crippen molar-refractivity contribution in [2.45, 2.75) is 78.1 Å². The number of carboxylic acid groups (broad SMARTS) is 1. The van der Waals surface area contributed by atoms with Gasteiger partial charge in [0.1, 0.15) is 0 Å². The maximum Gasteiger partial charge on any atom is 0.303 e. The van der Waals surface area contributed by atoms with Gasteiger partial charge in [-0.2, -0.15) is 0 Å². The van der Waals surface area contributed by atoms with Crippen molar-refractivity contribution in [2.75, 3.05) is 6.61 Å². The third-order valence-electron chi connectivity index (χ3n) is 3.04. The van der Waals surface area contributed by atoms with Crippen LogP contribution in [0.5, 0.6) is 0 Å². The minimum Gasteiger partial charge on any atom is -0.481 e. The van der Waals surface area contributed by atoms with Gasteiger partial charge in [0.05, 0.1) is 0 Å². The lowest BCUT2D eigenvalue weighted by Crippen LogP contribution is -1.93. The number of unbranched alkanes of at least 4 members (excludes halogenated alkanes) is 5. The van der Waals surface area contributed by atoms with E-state index in [9.17, 15) is 4.79 Å². The number of carboxylic acids is 1. The Morgan fingerprint density at radius 2 is 1.26 bits per heavy atom. The fourth-order valence-electron chi connectivity index (χ4n) is 1.90. The van der Waals surface area contributed by atoms with Crippen molar-refractivity contribution in [1.82, 2.24) is 0 Å². The maximum atomic E-state index is 10.3. The predicted octanol–water partition coefficient (Wildman–Crippen LogP) is 5.66. The van der Waals surface area contributed by atoms with Crippen molar-refractivity contribution in [3.05, 3.63) is 36.5 Å². The summed E-state index contributed by atoms with van der Waals surface area (Å²) in [5, 5.41) is 16.1. The van der Waals surface area contributed by atoms with Gasteiger partial charge in [0, 0.05) is 13.0 Å². The largest absolute Gasteiger partial charge is 0.481 e. The van der Waals surface area contributed by atoms with Crippen LogP contribution < -0.4 is 0 Å². The Morgan fingerprint density at radius 1 is 0.783 bits per heavy atom. The van der Waals surface area contributed by atoms with E-state index in [0.29, 0.717) is 6.42 Å². The first-order valence-electron chi connectivity index (χ1n) is 8.96. The Hall–Kier alpha value is -1.35. The molecule has 0 bridgehead atoms. The predicted molar refractivity (Wildman–Crippen MR) is 99.7 cm³/mol. The van der Waals surface area contributed by atoms with Crippen LogP contribution in [-0.2, 0) is 4.79 Å². The number of aliphatic hydroxyl groups is 1. The van der Waals surface area contributed by atoms with E-state index in [4.69, 9.17) is 10.2 Å². The molecule has 0 rings (SSSR count). The lowest BCUT2D eigenvalue weighted by molar-refractivity contribution is -0.137. The van der Waals surface area contributed by atoms with Crippen molar-refractivity contribution < 1.29 is 15.0 Å². The molecular weight excluding hydrogens is 288 g/mol. The Labute approximate surface area is 142 Å². The van der Waals surface area contributed by atoms with E-state index >= 15 is 0 Å². The molecule has 0 saturated heterocycles. The van der Waals surface area contributed by atoms with Crippen LogP contribution in [0.3, 0.4) is 0 Å². The number of hydrogen-bond donors (Lipinski definition) is 2. The number of hydrogen-bond acceptors (Lipinski definition) is 2. The molecule has 0 unspecified atom stereocenters. The highest BCUT2D eigenvalue weighted by atomic mass is 16.4. The van der Waals surface area contributed by atoms with Crippen LogP contribution in [-0.4, -0.2) is 22.8 Å². The first kappa shape index (κ1) is 23.9. The maximum absolute atomic E-state index is 10.3. The Morgan fingerprint density at radius 3 is 1.83 bits per heavy atom. The number of allylic oxidation sites excluding steroid dienone is 6. The van der Waals surface area contributed by atoms with E-state index in [2.05, 4.69) is 43.4 Å². The molecule has 23 heavy (non-hydrogen) atoms. The van der Waals surface area contributed by atoms with Gasteiger partial charge in [0.25, 0.3) is 0 Å². The van der Waals surface area contributed by atoms with Crippen LogP contribution in [0.2, 0.25) is 0 Å². The van der Waals surface area contributed by atoms with E-state index in [0.717, 1.165) is 44.9 Å². The average Bonchev–Trinajstić information content (AvgIpc) is 2.51. The van der Waals surface area contributed by atoms with Crippen LogP contribution in [0.1, 0.15) is 78.1 Å². The molecule has 134 valence electrons. The first-order valence-corrected chi connectivity index (χ1v) is 8.96. The summed E-state index contributed by atoms with van der Waals surface area (Å²) in [6.45, 7) is 4.08. The van der Waals surface area contributed by atoms with Gasteiger partial charge >= 0.3 is 5.97 Å². The molecule has 3 nitrogen and oxygen atoms in total. The van der Waals surface area contributed by atoms with E-state index in [1.807, 2.05) is 0 Å². The molecule has 0 aromatic carbocycles. The van der Waals surface area contributed by atoms with Crippen molar-refractivity contribution >= 4 is 5.97 Å². The summed E-state index contributed by atoms with van der Waals surface area (Å²) in [7, 11) is 0. The minimum absolute atomic E-state index is 0.250. The molecule has 0 saturated carbocycles. The SMILES string of the molecule is CC/C=C\C/C=C\C/C=C\CCCCCCCC(=O)O.CCO. The molecule has 2 N–H and O–H groups in total. The zero-order valence-corrected chi connectivity index (χ0v) is 15.0. The lowest BCUT2D eigenvalue weighted by atomic mass is 10.1. The molecule has 0 amide bonds. The van der Waals surface area contributed by atoms with E-state index < -0.39 is 5.97 Å². The second kappa shape index (κ2) is 22.9. The Kier molecular flexibility index (Phi) is 23.8. The van der Waals surface area contributed by atoms with Gasteiger partial charge in [0.15, 0.2) is 0 Å². The highest BCUT2D eigenvalue weighted by molar-refractivity contribution is 5.66. The minimum atomic E-state index is -0.675. The van der Waals surface area contributed by atoms with Gasteiger partial charge in [-0.05, 0) is 45.4 Å². The molecule has 3 heteroatoms. The summed E-state index contributed by atoms with van der Waals surface area (Å²) in [6, 6.07) is 0. The molecule has 0 aromatic rings. The van der Waals surface area contributed by atoms with Crippen molar-refractivity contribution in [3.63, 3.8) is 0 Å². The smallest absolute Gasteiger partial charge is 0.303 e. The summed E-state index contributed by atoms with van der Waals surface area (Å²) < 4.78 is 0. The van der Waals surface area contributed by atoms with Crippen molar-refractivity contribution in [3.8, 4) is 0 Å². The topological polar surface area (TPSA) is 57.5 Å². The highest BCUT2D eigenvalue weighted by Crippen LogP contribution is 2.07. The highest BCUT2D eigenvalue weighted by Gasteiger charge is 1.95. The van der Waals surface area contributed by atoms with Crippen molar-refractivity contribution in [2.24, 2.45) is 0 Å². The monoisotopic (exact) mass is 324 g/mol. The Bertz CT molecular complexity index is 317. The summed E-state index contributed by atoms with van der Waals surface area (Å²) in [6.07, 6.45) is 23.4. The van der Waals surface area contributed by atoms with Gasteiger partial charge < -0.3 is 10.2 Å². The van der Waals surface area contributed by atoms with Crippen LogP contribution in [0, 0.1) is 0 Å². The van der Waals surface area contributed by atoms with E-state index in [-0.39, 0.29) is 6.61 Å². The van der Waals surface area contributed by atoms with Gasteiger partial charge in [-0.25, -0.2) is 0 Å². The van der Waals surface area contributed by atoms with E-state index in [1.165, 1.54) is 12.8 Å². The molecule has 0 spiro atoms. The van der Waals surface area contributed by atoms with Crippen LogP contribution >= 0.6 is 0 Å². The quantitative estimate of drug-likeness (QED) is 0.339. The number of rotatable bonds is 13. The molecular formula is C20H36O3. The summed E-state index contributed by atoms with van der Waals surface area (Å²) in [5.41, 5.74) is 0. The molecule has 0 fully saturated rings. The molecule has 0 radical (unpaired) electrons. The molecule has 0 heterocycles. The first-order chi connectivity index (χ1) is 11.2. The molecule has 0 aliphatic heterocycles.